The molecule has 1 aliphatic heterocycles. The van der Waals surface area contributed by atoms with Gasteiger partial charge >= 0.3 is 0 Å². The lowest BCUT2D eigenvalue weighted by atomic mass is 10.1. The Kier molecular flexibility index (Phi) is 4.74. The fourth-order valence-corrected chi connectivity index (χ4v) is 3.94. The van der Waals surface area contributed by atoms with Gasteiger partial charge in [-0.25, -0.2) is 22.2 Å². The highest BCUT2D eigenvalue weighted by Gasteiger charge is 2.44. The van der Waals surface area contributed by atoms with Gasteiger partial charge in [0.05, 0.1) is 5.75 Å². The second kappa shape index (κ2) is 6.74. The molecule has 0 spiro atoms. The van der Waals surface area contributed by atoms with Crippen LogP contribution in [0.5, 0.6) is 0 Å². The zero-order chi connectivity index (χ0) is 19.8. The Morgan fingerprint density at radius 2 is 1.78 bits per heavy atom. The fourth-order valence-electron chi connectivity index (χ4n) is 2.51. The largest absolute Gasteiger partial charge is 0.386 e. The summed E-state index contributed by atoms with van der Waals surface area (Å²) >= 11 is 0. The third-order valence-corrected chi connectivity index (χ3v) is 6.95. The molecule has 0 saturated heterocycles. The number of nitrogens with zero attached hydrogens (tertiary/aromatic N) is 2. The van der Waals surface area contributed by atoms with Crippen molar-refractivity contribution in [1.29, 1.82) is 0 Å². The van der Waals surface area contributed by atoms with E-state index in [9.17, 15) is 17.2 Å². The van der Waals surface area contributed by atoms with Crippen LogP contribution in [0.25, 0.3) is 0 Å². The monoisotopic (exact) mass is 389 g/mol. The van der Waals surface area contributed by atoms with E-state index in [-0.39, 0.29) is 28.8 Å². The normalized spacial score (nSPS) is 20.3. The van der Waals surface area contributed by atoms with Crippen LogP contribution >= 0.6 is 0 Å². The summed E-state index contributed by atoms with van der Waals surface area (Å²) in [5, 5.41) is 0. The van der Waals surface area contributed by atoms with Gasteiger partial charge in [-0.3, -0.25) is 4.99 Å². The molecule has 1 aromatic carbocycles. The maximum atomic E-state index is 14.3. The number of pyridine rings is 1. The molecule has 1 aromatic heterocycles. The Morgan fingerprint density at radius 1 is 1.11 bits per heavy atom. The van der Waals surface area contributed by atoms with Gasteiger partial charge in [-0.15, -0.1) is 0 Å². The van der Waals surface area contributed by atoms with Crippen molar-refractivity contribution in [3.63, 3.8) is 0 Å². The molecule has 27 heavy (non-hydrogen) atoms. The van der Waals surface area contributed by atoms with Gasteiger partial charge in [-0.05, 0) is 56.2 Å². The van der Waals surface area contributed by atoms with Crippen LogP contribution in [-0.4, -0.2) is 29.7 Å². The molecule has 8 heteroatoms. The minimum Gasteiger partial charge on any atom is -0.386 e. The summed E-state index contributed by atoms with van der Waals surface area (Å²) in [5.41, 5.74) is 6.50. The summed E-state index contributed by atoms with van der Waals surface area (Å²) in [6.45, 7) is 2.93. The third kappa shape index (κ3) is 3.69. The van der Waals surface area contributed by atoms with Crippen molar-refractivity contribution in [2.75, 3.05) is 5.75 Å². The van der Waals surface area contributed by atoms with Crippen molar-refractivity contribution in [3.05, 3.63) is 65.0 Å². The molecule has 2 aromatic rings. The topological polar surface area (TPSA) is 85.4 Å². The molecule has 1 unspecified atom stereocenters. The number of hydrogen-bond donors (Lipinski definition) is 1. The number of aromatic nitrogens is 1. The van der Waals surface area contributed by atoms with Gasteiger partial charge in [0.2, 0.25) is 0 Å². The number of benzene rings is 1. The van der Waals surface area contributed by atoms with Crippen molar-refractivity contribution in [3.8, 4) is 11.8 Å². The molecule has 5 nitrogen and oxygen atoms in total. The predicted molar refractivity (Wildman–Crippen MR) is 98.8 cm³/mol. The van der Waals surface area contributed by atoms with Crippen molar-refractivity contribution >= 4 is 15.7 Å². The molecule has 140 valence electrons. The van der Waals surface area contributed by atoms with Crippen LogP contribution in [0.2, 0.25) is 0 Å². The van der Waals surface area contributed by atoms with Crippen molar-refractivity contribution in [2.45, 2.75) is 24.6 Å². The van der Waals surface area contributed by atoms with Crippen molar-refractivity contribution in [2.24, 2.45) is 10.7 Å². The molecule has 2 N–H and O–H groups in total. The molecular weight excluding hydrogens is 372 g/mol. The number of sulfone groups is 1. The average molecular weight is 389 g/mol. The van der Waals surface area contributed by atoms with Gasteiger partial charge in [0.25, 0.3) is 0 Å². The summed E-state index contributed by atoms with van der Waals surface area (Å²) in [5.74, 6) is 4.02. The Labute approximate surface area is 156 Å². The first-order valence-electron chi connectivity index (χ1n) is 8.10. The van der Waals surface area contributed by atoms with E-state index < -0.39 is 26.4 Å². The first-order chi connectivity index (χ1) is 12.6. The van der Waals surface area contributed by atoms with Crippen molar-refractivity contribution in [1.82, 2.24) is 4.98 Å². The van der Waals surface area contributed by atoms with Gasteiger partial charge in [0.1, 0.15) is 39.6 Å². The van der Waals surface area contributed by atoms with Gasteiger partial charge in [-0.1, -0.05) is 5.92 Å². The first-order valence-corrected chi connectivity index (χ1v) is 9.75. The summed E-state index contributed by atoms with van der Waals surface area (Å²) < 4.78 is 50.8. The molecule has 0 radical (unpaired) electrons. The van der Waals surface area contributed by atoms with Crippen LogP contribution in [-0.2, 0) is 9.84 Å². The fraction of sp³-hybridized carbons (Fsp3) is 0.263. The van der Waals surface area contributed by atoms with E-state index in [0.717, 1.165) is 6.07 Å². The molecule has 0 amide bonds. The second-order valence-corrected chi connectivity index (χ2v) is 9.23. The average Bonchev–Trinajstić information content (AvgIpc) is 2.60. The van der Waals surface area contributed by atoms with Crippen molar-refractivity contribution < 1.29 is 17.2 Å². The summed E-state index contributed by atoms with van der Waals surface area (Å²) in [4.78, 5) is 8.28. The van der Waals surface area contributed by atoms with Gasteiger partial charge in [-0.2, -0.15) is 0 Å². The molecule has 1 atom stereocenters. The Balaban J connectivity index is 1.98. The second-order valence-electron chi connectivity index (χ2n) is 6.64. The first kappa shape index (κ1) is 19.0. The minimum absolute atomic E-state index is 0.0808. The number of hydrogen-bond acceptors (Lipinski definition) is 5. The van der Waals surface area contributed by atoms with Crippen LogP contribution in [0.4, 0.5) is 8.78 Å². The van der Waals surface area contributed by atoms with Gasteiger partial charge < -0.3 is 5.73 Å². The Bertz CT molecular complexity index is 1080. The molecule has 0 fully saturated rings. The highest BCUT2D eigenvalue weighted by atomic mass is 32.2. The summed E-state index contributed by atoms with van der Waals surface area (Å²) in [6, 6.07) is 7.08. The van der Waals surface area contributed by atoms with Crippen LogP contribution in [0.1, 0.15) is 36.8 Å². The van der Waals surface area contributed by atoms with E-state index in [1.165, 1.54) is 44.2 Å². The summed E-state index contributed by atoms with van der Waals surface area (Å²) in [7, 11) is -3.63. The van der Waals surface area contributed by atoms with E-state index in [1.54, 1.807) is 0 Å². The number of amidine groups is 1. The number of halogens is 2. The van der Waals surface area contributed by atoms with E-state index in [1.807, 2.05) is 0 Å². The molecule has 0 bridgehead atoms. The van der Waals surface area contributed by atoms with E-state index in [0.29, 0.717) is 5.56 Å². The van der Waals surface area contributed by atoms with Gasteiger partial charge in [0.15, 0.2) is 9.84 Å². The van der Waals surface area contributed by atoms with Crippen LogP contribution in [0.15, 0.2) is 41.4 Å². The smallest absolute Gasteiger partial charge is 0.165 e. The molecule has 0 aliphatic carbocycles. The predicted octanol–water partition coefficient (Wildman–Crippen LogP) is 2.36. The Hall–Kier alpha value is -2.79. The van der Waals surface area contributed by atoms with Gasteiger partial charge in [0, 0.05) is 5.56 Å². The maximum Gasteiger partial charge on any atom is 0.165 e. The highest BCUT2D eigenvalue weighted by molar-refractivity contribution is 7.93. The summed E-state index contributed by atoms with van der Waals surface area (Å²) in [6.07, 6.45) is 0. The Morgan fingerprint density at radius 3 is 2.41 bits per heavy atom. The minimum atomic E-state index is -3.63. The number of aliphatic imine (C=N–C) groups is 1. The molecule has 0 saturated carbocycles. The van der Waals surface area contributed by atoms with E-state index in [2.05, 4.69) is 21.8 Å². The van der Waals surface area contributed by atoms with E-state index >= 15 is 0 Å². The van der Waals surface area contributed by atoms with Crippen LogP contribution in [0.3, 0.4) is 0 Å². The zero-order valence-electron chi connectivity index (χ0n) is 14.7. The SMILES string of the molecule is CC1(C)C(N)=NC(c2nc(C#Cc3ccc(F)cc3)ccc2F)CS1(=O)=O. The zero-order valence-corrected chi connectivity index (χ0v) is 15.5. The lowest BCUT2D eigenvalue weighted by Crippen LogP contribution is -2.50. The lowest BCUT2D eigenvalue weighted by molar-refractivity contribution is 0.544. The quantitative estimate of drug-likeness (QED) is 0.759. The molecule has 1 aliphatic rings. The van der Waals surface area contributed by atoms with Crippen LogP contribution in [0, 0.1) is 23.5 Å². The van der Waals surface area contributed by atoms with Crippen LogP contribution < -0.4 is 5.73 Å². The lowest BCUT2D eigenvalue weighted by Gasteiger charge is -2.31. The highest BCUT2D eigenvalue weighted by Crippen LogP contribution is 2.32. The number of rotatable bonds is 1. The van der Waals surface area contributed by atoms with E-state index in [4.69, 9.17) is 5.73 Å². The molecule has 2 heterocycles. The maximum absolute atomic E-state index is 14.3. The third-order valence-electron chi connectivity index (χ3n) is 4.43. The molecular formula is C19H17F2N3O2S. The number of nitrogens with two attached hydrogens (primary N) is 1. The standard InChI is InChI=1S/C19H17F2N3O2S/c1-19(2)18(22)24-16(11-27(19,25)26)17-15(21)10-9-14(23-17)8-5-12-3-6-13(20)7-4-12/h3-4,6-7,9-10,16H,11H2,1-2H3,(H2,22,24). The molecule has 3 rings (SSSR count).